The van der Waals surface area contributed by atoms with Gasteiger partial charge in [0.25, 0.3) is 11.5 Å². The molecule has 3 aromatic heterocycles. The van der Waals surface area contributed by atoms with Crippen LogP contribution in [0.5, 0.6) is 0 Å². The summed E-state index contributed by atoms with van der Waals surface area (Å²) in [5, 5.41) is 3.27. The van der Waals surface area contributed by atoms with E-state index in [1.807, 2.05) is 30.7 Å². The maximum atomic E-state index is 13.2. The van der Waals surface area contributed by atoms with E-state index in [1.165, 1.54) is 16.2 Å². The lowest BCUT2D eigenvalue weighted by Gasteiger charge is -2.18. The van der Waals surface area contributed by atoms with Crippen LogP contribution in [-0.4, -0.2) is 46.6 Å². The van der Waals surface area contributed by atoms with Crippen molar-refractivity contribution >= 4 is 51.7 Å². The van der Waals surface area contributed by atoms with Crippen molar-refractivity contribution in [2.75, 3.05) is 11.9 Å². The van der Waals surface area contributed by atoms with Gasteiger partial charge in [-0.05, 0) is 38.5 Å². The zero-order chi connectivity index (χ0) is 22.0. The Hall–Kier alpha value is -2.98. The second-order valence-electron chi connectivity index (χ2n) is 7.33. The summed E-state index contributed by atoms with van der Waals surface area (Å²) in [7, 11) is 0. The summed E-state index contributed by atoms with van der Waals surface area (Å²) in [6.07, 6.45) is 9.51. The Morgan fingerprint density at radius 3 is 2.81 bits per heavy atom. The summed E-state index contributed by atoms with van der Waals surface area (Å²) < 4.78 is 3.96. The Labute approximate surface area is 189 Å². The van der Waals surface area contributed by atoms with Crippen molar-refractivity contribution in [3.8, 4) is 0 Å². The Morgan fingerprint density at radius 2 is 2.10 bits per heavy atom. The van der Waals surface area contributed by atoms with E-state index in [-0.39, 0.29) is 17.5 Å². The van der Waals surface area contributed by atoms with E-state index in [0.29, 0.717) is 32.8 Å². The van der Waals surface area contributed by atoms with Crippen LogP contribution in [0.1, 0.15) is 25.8 Å². The number of nitrogens with zero attached hydrogens (tertiary/aromatic N) is 5. The number of nitrogens with one attached hydrogen (secondary N) is 1. The number of hydrogen-bond acceptors (Lipinski definition) is 7. The van der Waals surface area contributed by atoms with Crippen LogP contribution >= 0.6 is 24.0 Å². The molecule has 3 aromatic rings. The van der Waals surface area contributed by atoms with Crippen molar-refractivity contribution in [2.45, 2.75) is 32.9 Å². The molecule has 1 N–H and O–H groups in total. The van der Waals surface area contributed by atoms with E-state index in [1.54, 1.807) is 41.8 Å². The van der Waals surface area contributed by atoms with Gasteiger partial charge in [-0.2, -0.15) is 0 Å². The van der Waals surface area contributed by atoms with Crippen molar-refractivity contribution in [1.82, 2.24) is 23.8 Å². The quantitative estimate of drug-likeness (QED) is 0.334. The van der Waals surface area contributed by atoms with Gasteiger partial charge in [0.2, 0.25) is 0 Å². The first-order chi connectivity index (χ1) is 15.0. The number of amides is 1. The van der Waals surface area contributed by atoms with Crippen molar-refractivity contribution in [2.24, 2.45) is 0 Å². The first-order valence-corrected chi connectivity index (χ1v) is 11.2. The van der Waals surface area contributed by atoms with Gasteiger partial charge >= 0.3 is 0 Å². The largest absolute Gasteiger partial charge is 0.369 e. The maximum absolute atomic E-state index is 13.2. The first kappa shape index (κ1) is 21.3. The monoisotopic (exact) mass is 454 g/mol. The SMILES string of the molecule is CC(C)N1C(=O)/C(=C\c2c(NCCCn3ccnc3)nc3ccccn3c2=O)SC1=S. The number of thiocarbonyl (C=S) groups is 1. The molecule has 31 heavy (non-hydrogen) atoms. The molecule has 1 amide bonds. The van der Waals surface area contributed by atoms with Crippen LogP contribution in [0.3, 0.4) is 0 Å². The molecule has 0 bridgehead atoms. The summed E-state index contributed by atoms with van der Waals surface area (Å²) in [4.78, 5) is 36.7. The summed E-state index contributed by atoms with van der Waals surface area (Å²) in [5.74, 6) is 0.269. The molecule has 160 valence electrons. The molecule has 0 saturated carbocycles. The Kier molecular flexibility index (Phi) is 6.19. The van der Waals surface area contributed by atoms with Crippen LogP contribution in [0.2, 0.25) is 0 Å². The van der Waals surface area contributed by atoms with Crippen LogP contribution in [-0.2, 0) is 11.3 Å². The van der Waals surface area contributed by atoms with Crippen LogP contribution in [0.4, 0.5) is 5.82 Å². The molecule has 0 atom stereocenters. The summed E-state index contributed by atoms with van der Waals surface area (Å²) in [5.41, 5.74) is 0.643. The van der Waals surface area contributed by atoms with E-state index in [4.69, 9.17) is 12.2 Å². The maximum Gasteiger partial charge on any atom is 0.267 e. The number of thioether (sulfide) groups is 1. The number of carbonyl (C=O) groups is 1. The summed E-state index contributed by atoms with van der Waals surface area (Å²) in [6.45, 7) is 5.23. The molecule has 8 nitrogen and oxygen atoms in total. The topological polar surface area (TPSA) is 84.5 Å². The molecule has 1 aliphatic rings. The second-order valence-corrected chi connectivity index (χ2v) is 9.01. The molecular formula is C21H22N6O2S2. The van der Waals surface area contributed by atoms with Gasteiger partial charge in [-0.25, -0.2) is 9.97 Å². The highest BCUT2D eigenvalue weighted by Crippen LogP contribution is 2.34. The molecular weight excluding hydrogens is 432 g/mol. The van der Waals surface area contributed by atoms with Crippen molar-refractivity contribution < 1.29 is 4.79 Å². The van der Waals surface area contributed by atoms with Gasteiger partial charge in [0.15, 0.2) is 0 Å². The van der Waals surface area contributed by atoms with Gasteiger partial charge in [-0.1, -0.05) is 30.0 Å². The van der Waals surface area contributed by atoms with E-state index >= 15 is 0 Å². The molecule has 0 spiro atoms. The zero-order valence-corrected chi connectivity index (χ0v) is 18.8. The lowest BCUT2D eigenvalue weighted by molar-refractivity contribution is -0.123. The van der Waals surface area contributed by atoms with Crippen LogP contribution < -0.4 is 10.9 Å². The van der Waals surface area contributed by atoms with E-state index < -0.39 is 0 Å². The number of aromatic nitrogens is 4. The smallest absolute Gasteiger partial charge is 0.267 e. The van der Waals surface area contributed by atoms with Gasteiger partial charge in [0.05, 0.1) is 16.8 Å². The fraction of sp³-hybridized carbons (Fsp3) is 0.286. The molecule has 0 aromatic carbocycles. The molecule has 4 rings (SSSR count). The van der Waals surface area contributed by atoms with Crippen molar-refractivity contribution in [1.29, 1.82) is 0 Å². The van der Waals surface area contributed by atoms with E-state index in [2.05, 4.69) is 15.3 Å². The predicted molar refractivity (Wildman–Crippen MR) is 127 cm³/mol. The Bertz CT molecular complexity index is 1220. The fourth-order valence-electron chi connectivity index (χ4n) is 3.31. The lowest BCUT2D eigenvalue weighted by Crippen LogP contribution is -2.34. The zero-order valence-electron chi connectivity index (χ0n) is 17.2. The molecule has 10 heteroatoms. The summed E-state index contributed by atoms with van der Waals surface area (Å²) >= 11 is 6.57. The first-order valence-electron chi connectivity index (χ1n) is 9.94. The average Bonchev–Trinajstić information content (AvgIpc) is 3.35. The average molecular weight is 455 g/mol. The third-order valence-corrected chi connectivity index (χ3v) is 6.16. The molecule has 1 fully saturated rings. The van der Waals surface area contributed by atoms with E-state index in [9.17, 15) is 9.59 Å². The third-order valence-electron chi connectivity index (χ3n) is 4.83. The van der Waals surface area contributed by atoms with E-state index in [0.717, 1.165) is 13.0 Å². The lowest BCUT2D eigenvalue weighted by atomic mass is 10.2. The standard InChI is InChI=1S/C21H22N6O2S2/c1-14(2)27-20(29)16(31-21(27)30)12-15-18(23-7-5-9-25-11-8-22-13-25)24-17-6-3-4-10-26(17)19(15)28/h3-4,6,8,10-14,23H,5,7,9H2,1-2H3/b16-12+. The molecule has 0 aliphatic carbocycles. The van der Waals surface area contributed by atoms with Gasteiger partial charge in [-0.3, -0.25) is 18.9 Å². The predicted octanol–water partition coefficient (Wildman–Crippen LogP) is 3.00. The molecule has 0 radical (unpaired) electrons. The highest BCUT2D eigenvalue weighted by molar-refractivity contribution is 8.26. The van der Waals surface area contributed by atoms with Crippen LogP contribution in [0, 0.1) is 0 Å². The molecule has 1 saturated heterocycles. The van der Waals surface area contributed by atoms with Crippen molar-refractivity contribution in [3.63, 3.8) is 0 Å². The third kappa shape index (κ3) is 4.40. The number of carbonyl (C=O) groups excluding carboxylic acids is 1. The highest BCUT2D eigenvalue weighted by atomic mass is 32.2. The highest BCUT2D eigenvalue weighted by Gasteiger charge is 2.34. The normalized spacial score (nSPS) is 15.6. The van der Waals surface area contributed by atoms with Gasteiger partial charge < -0.3 is 9.88 Å². The number of aryl methyl sites for hydroxylation is 1. The minimum Gasteiger partial charge on any atom is -0.369 e. The molecule has 4 heterocycles. The Morgan fingerprint density at radius 1 is 1.26 bits per heavy atom. The Balaban J connectivity index is 1.66. The number of fused-ring (bicyclic) bond motifs is 1. The number of pyridine rings is 1. The molecule has 1 aliphatic heterocycles. The minimum atomic E-state index is -0.238. The fourth-order valence-corrected chi connectivity index (χ4v) is 4.82. The van der Waals surface area contributed by atoms with Gasteiger partial charge in [0, 0.05) is 37.7 Å². The van der Waals surface area contributed by atoms with Gasteiger partial charge in [-0.15, -0.1) is 0 Å². The molecule has 0 unspecified atom stereocenters. The van der Waals surface area contributed by atoms with Crippen LogP contribution in [0.25, 0.3) is 11.7 Å². The number of rotatable bonds is 7. The van der Waals surface area contributed by atoms with Gasteiger partial charge in [0.1, 0.15) is 15.8 Å². The van der Waals surface area contributed by atoms with Crippen molar-refractivity contribution in [3.05, 3.63) is 63.9 Å². The van der Waals surface area contributed by atoms with Crippen LogP contribution in [0.15, 0.2) is 52.8 Å². The number of hydrogen-bond donors (Lipinski definition) is 1. The second kappa shape index (κ2) is 9.03. The number of anilines is 1. The summed E-state index contributed by atoms with van der Waals surface area (Å²) in [6, 6.07) is 5.34. The minimum absolute atomic E-state index is 0.0463. The number of imidazole rings is 1.